The molecule has 0 unspecified atom stereocenters. The van der Waals surface area contributed by atoms with Crippen molar-refractivity contribution in [2.45, 2.75) is 0 Å². The van der Waals surface area contributed by atoms with Crippen LogP contribution in [-0.4, -0.2) is 15.6 Å². The average Bonchev–Trinajstić information content (AvgIpc) is 2.64. The number of rotatable bonds is 2. The molecule has 1 heterocycles. The Bertz CT molecular complexity index is 550. The number of halogens is 2. The van der Waals surface area contributed by atoms with Crippen molar-refractivity contribution in [1.82, 2.24) is 9.78 Å². The molecule has 0 atom stereocenters. The van der Waals surface area contributed by atoms with Crippen LogP contribution < -0.4 is 5.73 Å². The third kappa shape index (κ3) is 1.96. The van der Waals surface area contributed by atoms with Crippen molar-refractivity contribution in [1.29, 1.82) is 5.41 Å². The summed E-state index contributed by atoms with van der Waals surface area (Å²) in [5, 5.41) is 11.4. The summed E-state index contributed by atoms with van der Waals surface area (Å²) in [5.41, 5.74) is 6.28. The lowest BCUT2D eigenvalue weighted by atomic mass is 10.1. The van der Waals surface area contributed by atoms with Gasteiger partial charge in [0.2, 0.25) is 0 Å². The van der Waals surface area contributed by atoms with E-state index in [0.717, 1.165) is 4.47 Å². The van der Waals surface area contributed by atoms with E-state index in [0.29, 0.717) is 11.3 Å². The predicted octanol–water partition coefficient (Wildman–Crippen LogP) is 2.06. The Morgan fingerprint density at radius 3 is 2.81 bits per heavy atom. The van der Waals surface area contributed by atoms with Crippen LogP contribution in [-0.2, 0) is 0 Å². The lowest BCUT2D eigenvalue weighted by molar-refractivity contribution is 0.626. The molecular weight excluding hydrogens is 275 g/mol. The molecule has 2 rings (SSSR count). The van der Waals surface area contributed by atoms with Gasteiger partial charge in [-0.05, 0) is 34.1 Å². The molecule has 0 bridgehead atoms. The van der Waals surface area contributed by atoms with Gasteiger partial charge in [-0.1, -0.05) is 0 Å². The van der Waals surface area contributed by atoms with Crippen LogP contribution in [0, 0.1) is 11.2 Å². The number of benzene rings is 1. The van der Waals surface area contributed by atoms with Gasteiger partial charge in [0.25, 0.3) is 0 Å². The zero-order valence-electron chi connectivity index (χ0n) is 8.11. The Balaban J connectivity index is 2.60. The second kappa shape index (κ2) is 4.05. The predicted molar refractivity (Wildman–Crippen MR) is 62.2 cm³/mol. The number of aromatic nitrogens is 2. The summed E-state index contributed by atoms with van der Waals surface area (Å²) in [5.74, 6) is -0.624. The van der Waals surface area contributed by atoms with E-state index >= 15 is 0 Å². The molecule has 1 aromatic carbocycles. The normalized spacial score (nSPS) is 10.4. The van der Waals surface area contributed by atoms with Gasteiger partial charge in [-0.3, -0.25) is 5.41 Å². The molecule has 82 valence electrons. The van der Waals surface area contributed by atoms with E-state index < -0.39 is 5.82 Å². The molecular formula is C10H8BrFN4. The summed E-state index contributed by atoms with van der Waals surface area (Å²) in [7, 11) is 0. The van der Waals surface area contributed by atoms with Crippen molar-refractivity contribution in [2.24, 2.45) is 5.73 Å². The third-order valence-corrected chi connectivity index (χ3v) is 2.46. The minimum Gasteiger partial charge on any atom is -0.384 e. The van der Waals surface area contributed by atoms with Crippen molar-refractivity contribution in [3.05, 3.63) is 46.4 Å². The maximum Gasteiger partial charge on any atom is 0.125 e. The first kappa shape index (κ1) is 10.8. The van der Waals surface area contributed by atoms with Gasteiger partial charge < -0.3 is 5.73 Å². The van der Waals surface area contributed by atoms with Gasteiger partial charge in [-0.2, -0.15) is 5.10 Å². The number of nitrogens with two attached hydrogens (primary N) is 1. The zero-order valence-corrected chi connectivity index (χ0v) is 9.70. The van der Waals surface area contributed by atoms with Gasteiger partial charge in [0, 0.05) is 11.8 Å². The number of hydrogen-bond donors (Lipinski definition) is 2. The van der Waals surface area contributed by atoms with Gasteiger partial charge in [0.15, 0.2) is 0 Å². The summed E-state index contributed by atoms with van der Waals surface area (Å²) in [6.07, 6.45) is 3.31. The SMILES string of the molecule is N=C(N)c1cc(F)ccc1-n1cc(Br)cn1. The van der Waals surface area contributed by atoms with Gasteiger partial charge in [0.1, 0.15) is 11.7 Å². The van der Waals surface area contributed by atoms with E-state index in [2.05, 4.69) is 21.0 Å². The van der Waals surface area contributed by atoms with Crippen LogP contribution in [0.15, 0.2) is 35.1 Å². The molecule has 4 nitrogen and oxygen atoms in total. The second-order valence-corrected chi connectivity index (χ2v) is 4.09. The van der Waals surface area contributed by atoms with Crippen molar-refractivity contribution in [2.75, 3.05) is 0 Å². The standard InChI is InChI=1S/C10H8BrFN4/c11-6-4-15-16(5-6)9-2-1-7(12)3-8(9)10(13)14/h1-5H,(H3,13,14). The molecule has 1 aromatic heterocycles. The molecule has 3 N–H and O–H groups in total. The number of nitrogen functional groups attached to an aromatic ring is 1. The van der Waals surface area contributed by atoms with E-state index in [9.17, 15) is 4.39 Å². The van der Waals surface area contributed by atoms with Crippen LogP contribution in [0.3, 0.4) is 0 Å². The fourth-order valence-electron chi connectivity index (χ4n) is 1.36. The minimum atomic E-state index is -0.430. The van der Waals surface area contributed by atoms with Crippen molar-refractivity contribution in [3.63, 3.8) is 0 Å². The molecule has 0 aliphatic carbocycles. The Morgan fingerprint density at radius 2 is 2.25 bits per heavy atom. The Labute approximate surface area is 99.5 Å². The molecule has 0 aliphatic rings. The lowest BCUT2D eigenvalue weighted by Crippen LogP contribution is -2.15. The molecule has 0 aliphatic heterocycles. The van der Waals surface area contributed by atoms with Crippen molar-refractivity contribution in [3.8, 4) is 5.69 Å². The van der Waals surface area contributed by atoms with Crippen LogP contribution in [0.4, 0.5) is 4.39 Å². The number of nitrogens with zero attached hydrogens (tertiary/aromatic N) is 2. The van der Waals surface area contributed by atoms with Gasteiger partial charge >= 0.3 is 0 Å². The average molecular weight is 283 g/mol. The maximum atomic E-state index is 13.0. The molecule has 0 saturated heterocycles. The molecule has 2 aromatic rings. The largest absolute Gasteiger partial charge is 0.384 e. The van der Waals surface area contributed by atoms with Crippen molar-refractivity contribution < 1.29 is 4.39 Å². The first-order chi connectivity index (χ1) is 7.58. The van der Waals surface area contributed by atoms with Gasteiger partial charge in [-0.25, -0.2) is 9.07 Å². The lowest BCUT2D eigenvalue weighted by Gasteiger charge is -2.07. The molecule has 0 fully saturated rings. The highest BCUT2D eigenvalue weighted by Crippen LogP contribution is 2.17. The van der Waals surface area contributed by atoms with E-state index in [1.165, 1.54) is 22.9 Å². The van der Waals surface area contributed by atoms with Gasteiger partial charge in [0.05, 0.1) is 16.4 Å². The molecule has 0 amide bonds. The summed E-state index contributed by atoms with van der Waals surface area (Å²) in [4.78, 5) is 0. The number of nitrogens with one attached hydrogen (secondary N) is 1. The minimum absolute atomic E-state index is 0.193. The monoisotopic (exact) mass is 282 g/mol. The Kier molecular flexibility index (Phi) is 2.74. The molecule has 16 heavy (non-hydrogen) atoms. The molecule has 0 radical (unpaired) electrons. The van der Waals surface area contributed by atoms with E-state index in [1.807, 2.05) is 0 Å². The van der Waals surface area contributed by atoms with E-state index in [-0.39, 0.29) is 5.84 Å². The maximum absolute atomic E-state index is 13.0. The third-order valence-electron chi connectivity index (χ3n) is 2.05. The quantitative estimate of drug-likeness (QED) is 0.654. The smallest absolute Gasteiger partial charge is 0.125 e. The van der Waals surface area contributed by atoms with Gasteiger partial charge in [-0.15, -0.1) is 0 Å². The Morgan fingerprint density at radius 1 is 1.50 bits per heavy atom. The van der Waals surface area contributed by atoms with E-state index in [4.69, 9.17) is 11.1 Å². The number of hydrogen-bond acceptors (Lipinski definition) is 2. The topological polar surface area (TPSA) is 67.7 Å². The molecule has 6 heteroatoms. The highest BCUT2D eigenvalue weighted by molar-refractivity contribution is 9.10. The highest BCUT2D eigenvalue weighted by Gasteiger charge is 2.09. The van der Waals surface area contributed by atoms with Crippen LogP contribution in [0.5, 0.6) is 0 Å². The van der Waals surface area contributed by atoms with E-state index in [1.54, 1.807) is 12.4 Å². The van der Waals surface area contributed by atoms with Crippen LogP contribution in [0.2, 0.25) is 0 Å². The zero-order chi connectivity index (χ0) is 11.7. The first-order valence-corrected chi connectivity index (χ1v) is 5.22. The van der Waals surface area contributed by atoms with Crippen molar-refractivity contribution >= 4 is 21.8 Å². The summed E-state index contributed by atoms with van der Waals surface area (Å²) in [6, 6.07) is 4.05. The molecule has 0 saturated carbocycles. The Hall–Kier alpha value is -1.69. The summed E-state index contributed by atoms with van der Waals surface area (Å²) >= 11 is 3.26. The number of amidine groups is 1. The summed E-state index contributed by atoms with van der Waals surface area (Å²) < 4.78 is 15.4. The molecule has 0 spiro atoms. The van der Waals surface area contributed by atoms with Crippen LogP contribution in [0.1, 0.15) is 5.56 Å². The fourth-order valence-corrected chi connectivity index (χ4v) is 1.64. The fraction of sp³-hybridized carbons (Fsp3) is 0. The summed E-state index contributed by atoms with van der Waals surface area (Å²) in [6.45, 7) is 0. The van der Waals surface area contributed by atoms with Crippen LogP contribution in [0.25, 0.3) is 5.69 Å². The first-order valence-electron chi connectivity index (χ1n) is 4.42. The second-order valence-electron chi connectivity index (χ2n) is 3.18. The highest BCUT2D eigenvalue weighted by atomic mass is 79.9. The van der Waals surface area contributed by atoms with Crippen LogP contribution >= 0.6 is 15.9 Å².